The summed E-state index contributed by atoms with van der Waals surface area (Å²) in [5.41, 5.74) is 1.10. The maximum absolute atomic E-state index is 11.9. The Morgan fingerprint density at radius 1 is 1.35 bits per heavy atom. The van der Waals surface area contributed by atoms with Crippen LogP contribution in [0.1, 0.15) is 44.2 Å². The molecule has 0 bridgehead atoms. The summed E-state index contributed by atoms with van der Waals surface area (Å²) < 4.78 is 0. The number of carboxylic acid groups (broad SMARTS) is 1. The van der Waals surface area contributed by atoms with Crippen molar-refractivity contribution in [3.05, 3.63) is 22.4 Å². The second-order valence-corrected chi connectivity index (χ2v) is 6.06. The number of hydrogen-bond donors (Lipinski definition) is 3. The zero-order chi connectivity index (χ0) is 14.5. The van der Waals surface area contributed by atoms with Gasteiger partial charge in [0.1, 0.15) is 0 Å². The smallest absolute Gasteiger partial charge is 0.315 e. The first-order valence-corrected chi connectivity index (χ1v) is 7.82. The lowest BCUT2D eigenvalue weighted by molar-refractivity contribution is -0.142. The van der Waals surface area contributed by atoms with Gasteiger partial charge in [-0.2, -0.15) is 11.3 Å². The van der Waals surface area contributed by atoms with E-state index in [1.807, 2.05) is 23.8 Å². The Balaban J connectivity index is 1.74. The van der Waals surface area contributed by atoms with Crippen molar-refractivity contribution in [3.8, 4) is 0 Å². The predicted molar refractivity (Wildman–Crippen MR) is 77.8 cm³/mol. The minimum absolute atomic E-state index is 0.0170. The molecule has 2 amide bonds. The number of hydrogen-bond acceptors (Lipinski definition) is 3. The highest BCUT2D eigenvalue weighted by molar-refractivity contribution is 7.07. The van der Waals surface area contributed by atoms with Gasteiger partial charge in [0, 0.05) is 6.04 Å². The van der Waals surface area contributed by atoms with Crippen molar-refractivity contribution < 1.29 is 14.7 Å². The molecule has 1 aliphatic carbocycles. The minimum atomic E-state index is -0.723. The van der Waals surface area contributed by atoms with Crippen LogP contribution >= 0.6 is 11.3 Å². The number of nitrogens with one attached hydrogen (secondary N) is 2. The highest BCUT2D eigenvalue weighted by Crippen LogP contribution is 2.24. The van der Waals surface area contributed by atoms with Crippen molar-refractivity contribution in [1.82, 2.24) is 10.6 Å². The van der Waals surface area contributed by atoms with Crippen LogP contribution in [0.25, 0.3) is 0 Å². The van der Waals surface area contributed by atoms with Crippen molar-refractivity contribution >= 4 is 23.3 Å². The molecule has 1 aromatic rings. The molecule has 1 unspecified atom stereocenters. The van der Waals surface area contributed by atoms with E-state index in [-0.39, 0.29) is 24.0 Å². The lowest BCUT2D eigenvalue weighted by Gasteiger charge is -2.27. The van der Waals surface area contributed by atoms with Crippen molar-refractivity contribution in [2.24, 2.45) is 5.92 Å². The van der Waals surface area contributed by atoms with Gasteiger partial charge in [-0.05, 0) is 55.0 Å². The van der Waals surface area contributed by atoms with Gasteiger partial charge in [-0.15, -0.1) is 0 Å². The van der Waals surface area contributed by atoms with Gasteiger partial charge in [0.25, 0.3) is 0 Å². The Bertz CT molecular complexity index is 453. The SMILES string of the molecule is CC(NC(=O)NC1CCC(C(=O)O)CC1)c1ccsc1. The molecule has 2 rings (SSSR count). The molecule has 110 valence electrons. The van der Waals surface area contributed by atoms with E-state index in [4.69, 9.17) is 5.11 Å². The second-order valence-electron chi connectivity index (χ2n) is 5.28. The van der Waals surface area contributed by atoms with E-state index in [1.54, 1.807) is 11.3 Å². The quantitative estimate of drug-likeness (QED) is 0.799. The topological polar surface area (TPSA) is 78.4 Å². The first-order valence-electron chi connectivity index (χ1n) is 6.88. The Labute approximate surface area is 122 Å². The van der Waals surface area contributed by atoms with E-state index >= 15 is 0 Å². The summed E-state index contributed by atoms with van der Waals surface area (Å²) in [5, 5.41) is 18.8. The van der Waals surface area contributed by atoms with E-state index in [2.05, 4.69) is 10.6 Å². The number of carbonyl (C=O) groups is 2. The first-order chi connectivity index (χ1) is 9.56. The van der Waals surface area contributed by atoms with Crippen LogP contribution in [-0.2, 0) is 4.79 Å². The first kappa shape index (κ1) is 14.8. The van der Waals surface area contributed by atoms with Gasteiger partial charge in [0.2, 0.25) is 0 Å². The predicted octanol–water partition coefficient (Wildman–Crippen LogP) is 2.75. The summed E-state index contributed by atoms with van der Waals surface area (Å²) in [7, 11) is 0. The van der Waals surface area contributed by atoms with Crippen LogP contribution in [0.4, 0.5) is 4.79 Å². The molecule has 0 spiro atoms. The lowest BCUT2D eigenvalue weighted by Crippen LogP contribution is -2.44. The molecular weight excluding hydrogens is 276 g/mol. The van der Waals surface area contributed by atoms with Crippen LogP contribution in [0.3, 0.4) is 0 Å². The molecule has 20 heavy (non-hydrogen) atoms. The number of thiophene rings is 1. The summed E-state index contributed by atoms with van der Waals surface area (Å²) in [5.74, 6) is -0.972. The van der Waals surface area contributed by atoms with Crippen molar-refractivity contribution in [3.63, 3.8) is 0 Å². The normalized spacial score (nSPS) is 23.9. The summed E-state index contributed by atoms with van der Waals surface area (Å²) in [6, 6.07) is 1.88. The summed E-state index contributed by atoms with van der Waals surface area (Å²) in [4.78, 5) is 22.8. The summed E-state index contributed by atoms with van der Waals surface area (Å²) >= 11 is 1.61. The van der Waals surface area contributed by atoms with Gasteiger partial charge in [-0.3, -0.25) is 4.79 Å². The van der Waals surface area contributed by atoms with Crippen LogP contribution < -0.4 is 10.6 Å². The number of aliphatic carboxylic acids is 1. The maximum atomic E-state index is 11.9. The van der Waals surface area contributed by atoms with Gasteiger partial charge in [-0.1, -0.05) is 0 Å². The van der Waals surface area contributed by atoms with Crippen molar-refractivity contribution in [2.75, 3.05) is 0 Å². The fourth-order valence-corrected chi connectivity index (χ4v) is 3.27. The second kappa shape index (κ2) is 6.74. The van der Waals surface area contributed by atoms with E-state index < -0.39 is 5.97 Å². The van der Waals surface area contributed by atoms with E-state index in [9.17, 15) is 9.59 Å². The van der Waals surface area contributed by atoms with Gasteiger partial charge in [-0.25, -0.2) is 4.79 Å². The number of rotatable bonds is 4. The van der Waals surface area contributed by atoms with Crippen molar-refractivity contribution in [1.29, 1.82) is 0 Å². The molecule has 1 atom stereocenters. The summed E-state index contributed by atoms with van der Waals surface area (Å²) in [6.45, 7) is 1.95. The van der Waals surface area contributed by atoms with E-state index in [0.717, 1.165) is 18.4 Å². The largest absolute Gasteiger partial charge is 0.481 e. The number of carbonyl (C=O) groups excluding carboxylic acids is 1. The highest BCUT2D eigenvalue weighted by atomic mass is 32.1. The monoisotopic (exact) mass is 296 g/mol. The molecule has 0 aliphatic heterocycles. The van der Waals surface area contributed by atoms with Crippen LogP contribution in [0, 0.1) is 5.92 Å². The van der Waals surface area contributed by atoms with E-state index in [0.29, 0.717) is 12.8 Å². The molecule has 5 nitrogen and oxygen atoms in total. The average Bonchev–Trinajstić information content (AvgIpc) is 2.93. The zero-order valence-electron chi connectivity index (χ0n) is 11.5. The van der Waals surface area contributed by atoms with Gasteiger partial charge in [0.05, 0.1) is 12.0 Å². The molecule has 6 heteroatoms. The fraction of sp³-hybridized carbons (Fsp3) is 0.571. The zero-order valence-corrected chi connectivity index (χ0v) is 12.3. The minimum Gasteiger partial charge on any atom is -0.481 e. The number of carboxylic acids is 1. The van der Waals surface area contributed by atoms with Gasteiger partial charge >= 0.3 is 12.0 Å². The number of amides is 2. The molecule has 1 fully saturated rings. The Hall–Kier alpha value is -1.56. The molecule has 0 aromatic carbocycles. The van der Waals surface area contributed by atoms with Crippen LogP contribution in [0.2, 0.25) is 0 Å². The molecule has 0 radical (unpaired) electrons. The third-order valence-corrected chi connectivity index (χ3v) is 4.50. The Morgan fingerprint density at radius 3 is 2.60 bits per heavy atom. The molecule has 3 N–H and O–H groups in total. The standard InChI is InChI=1S/C14H20N2O3S/c1-9(11-6-7-20-8-11)15-14(19)16-12-4-2-10(3-5-12)13(17)18/h6-10,12H,2-5H2,1H3,(H,17,18)(H2,15,16,19). The fourth-order valence-electron chi connectivity index (χ4n) is 2.51. The maximum Gasteiger partial charge on any atom is 0.315 e. The molecule has 0 saturated heterocycles. The number of urea groups is 1. The van der Waals surface area contributed by atoms with Gasteiger partial charge < -0.3 is 15.7 Å². The van der Waals surface area contributed by atoms with Crippen molar-refractivity contribution in [2.45, 2.75) is 44.7 Å². The Kier molecular flexibility index (Phi) is 5.00. The third kappa shape index (κ3) is 3.96. The van der Waals surface area contributed by atoms with Crippen LogP contribution in [0.5, 0.6) is 0 Å². The molecule has 1 saturated carbocycles. The van der Waals surface area contributed by atoms with Crippen LogP contribution in [-0.4, -0.2) is 23.1 Å². The Morgan fingerprint density at radius 2 is 2.05 bits per heavy atom. The molecular formula is C14H20N2O3S. The lowest BCUT2D eigenvalue weighted by atomic mass is 9.86. The van der Waals surface area contributed by atoms with Crippen LogP contribution in [0.15, 0.2) is 16.8 Å². The van der Waals surface area contributed by atoms with Gasteiger partial charge in [0.15, 0.2) is 0 Å². The van der Waals surface area contributed by atoms with E-state index in [1.165, 1.54) is 0 Å². The third-order valence-electron chi connectivity index (χ3n) is 3.80. The summed E-state index contributed by atoms with van der Waals surface area (Å²) in [6.07, 6.45) is 2.75. The molecule has 1 heterocycles. The highest BCUT2D eigenvalue weighted by Gasteiger charge is 2.26. The molecule has 1 aromatic heterocycles. The average molecular weight is 296 g/mol. The molecule has 1 aliphatic rings.